The molecule has 5 nitrogen and oxygen atoms in total. The number of rotatable bonds is 6. The van der Waals surface area contributed by atoms with Gasteiger partial charge in [-0.15, -0.1) is 0 Å². The average molecular weight is 424 g/mol. The zero-order valence-corrected chi connectivity index (χ0v) is 17.9. The zero-order chi connectivity index (χ0) is 20.9. The van der Waals surface area contributed by atoms with Gasteiger partial charge in [0.1, 0.15) is 0 Å². The molecular weight excluding hydrogens is 398 g/mol. The van der Waals surface area contributed by atoms with Crippen molar-refractivity contribution in [2.75, 3.05) is 13.1 Å². The summed E-state index contributed by atoms with van der Waals surface area (Å²) in [5.41, 5.74) is 2.88. The molecule has 1 aliphatic heterocycles. The van der Waals surface area contributed by atoms with Gasteiger partial charge in [0.25, 0.3) is 5.91 Å². The van der Waals surface area contributed by atoms with Gasteiger partial charge in [-0.1, -0.05) is 42.2 Å². The number of benzene rings is 2. The summed E-state index contributed by atoms with van der Waals surface area (Å²) in [6.07, 6.45) is 5.25. The van der Waals surface area contributed by atoms with E-state index in [-0.39, 0.29) is 11.8 Å². The minimum Gasteiger partial charge on any atom is -0.339 e. The molecule has 2 aromatic carbocycles. The number of nitrogens with zero attached hydrogens (tertiary/aromatic N) is 3. The van der Waals surface area contributed by atoms with E-state index in [9.17, 15) is 4.79 Å². The van der Waals surface area contributed by atoms with Crippen molar-refractivity contribution in [1.29, 1.82) is 0 Å². The van der Waals surface area contributed by atoms with Crippen molar-refractivity contribution < 1.29 is 9.32 Å². The van der Waals surface area contributed by atoms with Crippen molar-refractivity contribution in [3.05, 3.63) is 70.6 Å². The van der Waals surface area contributed by atoms with E-state index in [0.717, 1.165) is 36.9 Å². The molecule has 30 heavy (non-hydrogen) atoms. The van der Waals surface area contributed by atoms with E-state index in [1.165, 1.54) is 18.4 Å². The Morgan fingerprint density at radius 2 is 1.93 bits per heavy atom. The van der Waals surface area contributed by atoms with Crippen molar-refractivity contribution in [2.24, 2.45) is 0 Å². The third-order valence-electron chi connectivity index (χ3n) is 5.62. The number of hydrogen-bond acceptors (Lipinski definition) is 4. The second kappa shape index (κ2) is 9.43. The lowest BCUT2D eigenvalue weighted by Gasteiger charge is -2.31. The maximum absolute atomic E-state index is 13.0. The number of piperidine rings is 1. The molecule has 0 bridgehead atoms. The smallest absolute Gasteiger partial charge is 0.253 e. The maximum atomic E-state index is 13.0. The second-order valence-corrected chi connectivity index (χ2v) is 8.29. The number of halogens is 1. The number of hydrogen-bond donors (Lipinski definition) is 0. The van der Waals surface area contributed by atoms with Crippen molar-refractivity contribution in [2.45, 2.75) is 44.9 Å². The van der Waals surface area contributed by atoms with E-state index >= 15 is 0 Å². The fraction of sp³-hybridized carbons (Fsp3) is 0.375. The molecule has 1 aromatic heterocycles. The van der Waals surface area contributed by atoms with Crippen LogP contribution in [0.5, 0.6) is 0 Å². The Morgan fingerprint density at radius 3 is 2.67 bits per heavy atom. The van der Waals surface area contributed by atoms with E-state index in [2.05, 4.69) is 29.2 Å². The largest absolute Gasteiger partial charge is 0.339 e. The van der Waals surface area contributed by atoms with E-state index in [1.807, 2.05) is 41.3 Å². The summed E-state index contributed by atoms with van der Waals surface area (Å²) in [5, 5.41) is 4.79. The molecule has 0 N–H and O–H groups in total. The molecule has 1 amide bonds. The predicted octanol–water partition coefficient (Wildman–Crippen LogP) is 5.75. The summed E-state index contributed by atoms with van der Waals surface area (Å²) in [4.78, 5) is 19.5. The van der Waals surface area contributed by atoms with E-state index in [4.69, 9.17) is 16.1 Å². The summed E-state index contributed by atoms with van der Waals surface area (Å²) in [6, 6.07) is 15.4. The Kier molecular flexibility index (Phi) is 6.48. The average Bonchev–Trinajstić information content (AvgIpc) is 3.28. The molecule has 0 spiro atoms. The van der Waals surface area contributed by atoms with Gasteiger partial charge in [0, 0.05) is 29.2 Å². The SMILES string of the molecule is CCCCc1ccc(C(=O)N2CCC[C@H](c3nc(-c4ccc(Cl)cc4)no3)C2)cc1. The quantitative estimate of drug-likeness (QED) is 0.506. The Bertz CT molecular complexity index is 982. The molecule has 1 fully saturated rings. The second-order valence-electron chi connectivity index (χ2n) is 7.85. The predicted molar refractivity (Wildman–Crippen MR) is 118 cm³/mol. The van der Waals surface area contributed by atoms with Crippen LogP contribution in [0.15, 0.2) is 53.1 Å². The van der Waals surface area contributed by atoms with Crippen molar-refractivity contribution in [1.82, 2.24) is 15.0 Å². The summed E-state index contributed by atoms with van der Waals surface area (Å²) in [5.74, 6) is 1.26. The molecular formula is C24H26ClN3O2. The van der Waals surface area contributed by atoms with Gasteiger partial charge in [0.2, 0.25) is 11.7 Å². The minimum atomic E-state index is 0.0556. The van der Waals surface area contributed by atoms with E-state index in [1.54, 1.807) is 0 Å². The van der Waals surface area contributed by atoms with Crippen LogP contribution < -0.4 is 0 Å². The lowest BCUT2D eigenvalue weighted by atomic mass is 9.97. The lowest BCUT2D eigenvalue weighted by Crippen LogP contribution is -2.39. The fourth-order valence-electron chi connectivity index (χ4n) is 3.86. The molecule has 0 aliphatic carbocycles. The van der Waals surface area contributed by atoms with Crippen molar-refractivity contribution >= 4 is 17.5 Å². The summed E-state index contributed by atoms with van der Waals surface area (Å²) in [6.45, 7) is 3.54. The highest BCUT2D eigenvalue weighted by molar-refractivity contribution is 6.30. The van der Waals surface area contributed by atoms with E-state index in [0.29, 0.717) is 23.3 Å². The first-order chi connectivity index (χ1) is 14.6. The summed E-state index contributed by atoms with van der Waals surface area (Å²) < 4.78 is 5.54. The number of aryl methyl sites for hydroxylation is 1. The van der Waals surface area contributed by atoms with Gasteiger partial charge < -0.3 is 9.42 Å². The monoisotopic (exact) mass is 423 g/mol. The van der Waals surface area contributed by atoms with E-state index < -0.39 is 0 Å². The van der Waals surface area contributed by atoms with Crippen LogP contribution in [0.3, 0.4) is 0 Å². The molecule has 6 heteroatoms. The molecule has 1 aliphatic rings. The van der Waals surface area contributed by atoms with Crippen LogP contribution in [-0.2, 0) is 6.42 Å². The molecule has 2 heterocycles. The summed E-state index contributed by atoms with van der Waals surface area (Å²) >= 11 is 5.95. The van der Waals surface area contributed by atoms with Crippen molar-refractivity contribution in [3.63, 3.8) is 0 Å². The van der Waals surface area contributed by atoms with Crippen LogP contribution in [0.4, 0.5) is 0 Å². The first kappa shape index (κ1) is 20.6. The third kappa shape index (κ3) is 4.73. The minimum absolute atomic E-state index is 0.0556. The maximum Gasteiger partial charge on any atom is 0.253 e. The van der Waals surface area contributed by atoms with Gasteiger partial charge in [0.15, 0.2) is 0 Å². The first-order valence-electron chi connectivity index (χ1n) is 10.6. The molecule has 3 aromatic rings. The highest BCUT2D eigenvalue weighted by Crippen LogP contribution is 2.28. The highest BCUT2D eigenvalue weighted by atomic mass is 35.5. The van der Waals surface area contributed by atoms with Gasteiger partial charge in [-0.2, -0.15) is 4.98 Å². The molecule has 0 radical (unpaired) electrons. The van der Waals surface area contributed by atoms with Crippen molar-refractivity contribution in [3.8, 4) is 11.4 Å². The molecule has 0 unspecified atom stereocenters. The van der Waals surface area contributed by atoms with Crippen LogP contribution in [0.2, 0.25) is 5.02 Å². The van der Waals surface area contributed by atoms with Crippen LogP contribution in [0.25, 0.3) is 11.4 Å². The van der Waals surface area contributed by atoms with Gasteiger partial charge in [-0.3, -0.25) is 4.79 Å². The number of unbranched alkanes of at least 4 members (excludes halogenated alkanes) is 1. The number of aromatic nitrogens is 2. The Balaban J connectivity index is 1.43. The van der Waals surface area contributed by atoms with Crippen LogP contribution in [0, 0.1) is 0 Å². The van der Waals surface area contributed by atoms with Gasteiger partial charge >= 0.3 is 0 Å². The van der Waals surface area contributed by atoms with Crippen LogP contribution in [0.1, 0.15) is 60.3 Å². The highest BCUT2D eigenvalue weighted by Gasteiger charge is 2.29. The topological polar surface area (TPSA) is 59.2 Å². The lowest BCUT2D eigenvalue weighted by molar-refractivity contribution is 0.0695. The van der Waals surface area contributed by atoms with Gasteiger partial charge in [-0.05, 0) is 67.6 Å². The standard InChI is InChI=1S/C24H26ClN3O2/c1-2-3-5-17-7-9-19(10-8-17)24(29)28-15-4-6-20(16-28)23-26-22(27-30-23)18-11-13-21(25)14-12-18/h7-14,20H,2-6,15-16H2,1H3/t20-/m0/s1. The number of likely N-dealkylation sites (tertiary alicyclic amines) is 1. The number of carbonyl (C=O) groups excluding carboxylic acids is 1. The summed E-state index contributed by atoms with van der Waals surface area (Å²) in [7, 11) is 0. The molecule has 4 rings (SSSR count). The van der Waals surface area contributed by atoms with Gasteiger partial charge in [-0.25, -0.2) is 0 Å². The molecule has 1 atom stereocenters. The Labute approximate surface area is 182 Å². The third-order valence-corrected chi connectivity index (χ3v) is 5.87. The number of amides is 1. The van der Waals surface area contributed by atoms with Crippen LogP contribution >= 0.6 is 11.6 Å². The molecule has 0 saturated carbocycles. The number of carbonyl (C=O) groups is 1. The molecule has 156 valence electrons. The molecule has 1 saturated heterocycles. The zero-order valence-electron chi connectivity index (χ0n) is 17.2. The first-order valence-corrected chi connectivity index (χ1v) is 11.0. The van der Waals surface area contributed by atoms with Crippen LogP contribution in [-0.4, -0.2) is 34.0 Å². The normalized spacial score (nSPS) is 16.6. The fourth-order valence-corrected chi connectivity index (χ4v) is 3.98. The van der Waals surface area contributed by atoms with Gasteiger partial charge in [0.05, 0.1) is 5.92 Å². The Hall–Kier alpha value is -2.66. The Morgan fingerprint density at radius 1 is 1.17 bits per heavy atom.